The molecule has 0 radical (unpaired) electrons. The van der Waals surface area contributed by atoms with Gasteiger partial charge >= 0.3 is 5.69 Å². The third-order valence-corrected chi connectivity index (χ3v) is 11.2. The number of fused-ring (bicyclic) bond motifs is 3. The highest BCUT2D eigenvalue weighted by Gasteiger charge is 2.21. The molecule has 0 amide bonds. The van der Waals surface area contributed by atoms with Gasteiger partial charge < -0.3 is 0 Å². The van der Waals surface area contributed by atoms with Crippen LogP contribution in [0.25, 0.3) is 100 Å². The van der Waals surface area contributed by atoms with Crippen LogP contribution in [0.2, 0.25) is 0 Å². The van der Waals surface area contributed by atoms with E-state index in [1.807, 2.05) is 126 Å². The van der Waals surface area contributed by atoms with Crippen LogP contribution in [0.15, 0.2) is 217 Å². The molecule has 0 saturated heterocycles. The van der Waals surface area contributed by atoms with E-state index in [0.29, 0.717) is 17.5 Å². The van der Waals surface area contributed by atoms with E-state index >= 15 is 0 Å². The Balaban J connectivity index is 1.08. The number of benzene rings is 9. The summed E-state index contributed by atoms with van der Waals surface area (Å²) in [6.45, 7) is 0. The topological polar surface area (TPSA) is 65.6 Å². The molecule has 11 aromatic rings. The number of rotatable bonds is 7. The lowest BCUT2D eigenvalue weighted by Gasteiger charge is -2.18. The van der Waals surface area contributed by atoms with Gasteiger partial charge in [-0.3, -0.25) is 9.13 Å². The largest absolute Gasteiger partial charge is 0.338 e. The molecule has 6 nitrogen and oxygen atoms in total. The van der Waals surface area contributed by atoms with E-state index in [1.54, 1.807) is 4.57 Å². The fourth-order valence-electron chi connectivity index (χ4n) is 8.48. The third-order valence-electron chi connectivity index (χ3n) is 11.2. The van der Waals surface area contributed by atoms with Gasteiger partial charge in [0.15, 0.2) is 17.5 Å². The molecule has 6 heteroatoms. The van der Waals surface area contributed by atoms with Gasteiger partial charge in [-0.05, 0) is 80.2 Å². The van der Waals surface area contributed by atoms with Gasteiger partial charge in [0.25, 0.3) is 0 Å². The molecule has 2 heterocycles. The average Bonchev–Trinajstić information content (AvgIpc) is 3.62. The summed E-state index contributed by atoms with van der Waals surface area (Å²) in [5.74, 6) is 1.88. The molecule has 0 aliphatic rings. The fraction of sp³-hybridized carbons (Fsp3) is 0. The summed E-state index contributed by atoms with van der Waals surface area (Å²) < 4.78 is 3.63. The van der Waals surface area contributed by atoms with Crippen molar-refractivity contribution < 1.29 is 0 Å². The zero-order valence-corrected chi connectivity index (χ0v) is 32.4. The first kappa shape index (κ1) is 35.0. The summed E-state index contributed by atoms with van der Waals surface area (Å²) in [5.41, 5.74) is 10.4. The van der Waals surface area contributed by atoms with E-state index in [4.69, 9.17) is 15.0 Å². The van der Waals surface area contributed by atoms with Crippen molar-refractivity contribution in [2.45, 2.75) is 0 Å². The molecule has 0 aliphatic carbocycles. The first-order valence-corrected chi connectivity index (χ1v) is 20.0. The summed E-state index contributed by atoms with van der Waals surface area (Å²) in [5, 5.41) is 4.53. The molecule has 2 aromatic heterocycles. The molecule has 282 valence electrons. The number of hydrogen-bond acceptors (Lipinski definition) is 4. The Labute approximate surface area is 346 Å². The summed E-state index contributed by atoms with van der Waals surface area (Å²) >= 11 is 0. The molecule has 0 bridgehead atoms. The van der Waals surface area contributed by atoms with Gasteiger partial charge in [0.05, 0.1) is 22.4 Å². The molecule has 0 fully saturated rings. The summed E-state index contributed by atoms with van der Waals surface area (Å²) in [6, 6.07) is 72.1. The normalized spacial score (nSPS) is 11.4. The second-order valence-electron chi connectivity index (χ2n) is 14.8. The van der Waals surface area contributed by atoms with Crippen molar-refractivity contribution in [3.8, 4) is 67.8 Å². The molecule has 9 aromatic carbocycles. The molecular formula is C54H35N5O. The monoisotopic (exact) mass is 769 g/mol. The van der Waals surface area contributed by atoms with Crippen LogP contribution < -0.4 is 5.69 Å². The van der Waals surface area contributed by atoms with Crippen molar-refractivity contribution in [1.29, 1.82) is 0 Å². The minimum atomic E-state index is -0.113. The Hall–Kier alpha value is -8.22. The minimum absolute atomic E-state index is 0.113. The van der Waals surface area contributed by atoms with E-state index in [0.717, 1.165) is 82.9 Å². The summed E-state index contributed by atoms with van der Waals surface area (Å²) in [4.78, 5) is 29.2. The predicted molar refractivity (Wildman–Crippen MR) is 244 cm³/mol. The number of aromatic nitrogens is 5. The van der Waals surface area contributed by atoms with Crippen LogP contribution in [0.5, 0.6) is 0 Å². The predicted octanol–water partition coefficient (Wildman–Crippen LogP) is 12.6. The van der Waals surface area contributed by atoms with Crippen LogP contribution >= 0.6 is 0 Å². The molecule has 0 N–H and O–H groups in total. The maximum Gasteiger partial charge on any atom is 0.338 e. The quantitative estimate of drug-likeness (QED) is 0.151. The second kappa shape index (κ2) is 14.6. The molecule has 0 atom stereocenters. The van der Waals surface area contributed by atoms with Crippen LogP contribution in [-0.4, -0.2) is 24.1 Å². The Morgan fingerprint density at radius 1 is 0.300 bits per heavy atom. The van der Waals surface area contributed by atoms with Crippen molar-refractivity contribution in [3.05, 3.63) is 223 Å². The first-order valence-electron chi connectivity index (χ1n) is 20.0. The maximum absolute atomic E-state index is 14.4. The van der Waals surface area contributed by atoms with Gasteiger partial charge in [-0.2, -0.15) is 0 Å². The van der Waals surface area contributed by atoms with Crippen LogP contribution in [0.3, 0.4) is 0 Å². The molecule has 60 heavy (non-hydrogen) atoms. The van der Waals surface area contributed by atoms with Crippen molar-refractivity contribution in [2.75, 3.05) is 0 Å². The van der Waals surface area contributed by atoms with E-state index in [9.17, 15) is 4.79 Å². The number of imidazole rings is 1. The summed E-state index contributed by atoms with van der Waals surface area (Å²) in [6.07, 6.45) is 0. The average molecular weight is 770 g/mol. The van der Waals surface area contributed by atoms with Gasteiger partial charge in [0.1, 0.15) is 0 Å². The van der Waals surface area contributed by atoms with E-state index in [1.165, 1.54) is 0 Å². The zero-order chi connectivity index (χ0) is 40.0. The lowest BCUT2D eigenvalue weighted by molar-refractivity contribution is 0.931. The Morgan fingerprint density at radius 3 is 1.08 bits per heavy atom. The van der Waals surface area contributed by atoms with Crippen LogP contribution in [0.4, 0.5) is 0 Å². The third kappa shape index (κ3) is 5.98. The van der Waals surface area contributed by atoms with E-state index < -0.39 is 0 Å². The Bertz CT molecular complexity index is 3300. The number of para-hydroxylation sites is 2. The maximum atomic E-state index is 14.4. The van der Waals surface area contributed by atoms with Gasteiger partial charge in [-0.15, -0.1) is 0 Å². The van der Waals surface area contributed by atoms with Crippen molar-refractivity contribution in [3.63, 3.8) is 0 Å². The van der Waals surface area contributed by atoms with Crippen LogP contribution in [-0.2, 0) is 0 Å². The SMILES string of the molecule is O=c1n(-c2ccccc2)c2ccc(-c3c4ccccc4c(-c4ccc(-c5nc(-c6ccccc6)nc(-c6ccccc6)n5)cc4)c4ccccc34)cc2n1-c1ccccc1. The van der Waals surface area contributed by atoms with E-state index in [2.05, 4.69) is 91.0 Å². The molecule has 0 aliphatic heterocycles. The van der Waals surface area contributed by atoms with Crippen LogP contribution in [0, 0.1) is 0 Å². The van der Waals surface area contributed by atoms with Crippen molar-refractivity contribution in [1.82, 2.24) is 24.1 Å². The van der Waals surface area contributed by atoms with Crippen molar-refractivity contribution in [2.24, 2.45) is 0 Å². The minimum Gasteiger partial charge on any atom is -0.260 e. The molecule has 11 rings (SSSR count). The lowest BCUT2D eigenvalue weighted by atomic mass is 9.86. The highest BCUT2D eigenvalue weighted by molar-refractivity contribution is 6.21. The number of nitrogens with zero attached hydrogens (tertiary/aromatic N) is 5. The number of hydrogen-bond donors (Lipinski definition) is 0. The van der Waals surface area contributed by atoms with E-state index in [-0.39, 0.29) is 5.69 Å². The Morgan fingerprint density at radius 2 is 0.633 bits per heavy atom. The lowest BCUT2D eigenvalue weighted by Crippen LogP contribution is -2.21. The van der Waals surface area contributed by atoms with Gasteiger partial charge in [0.2, 0.25) is 0 Å². The standard InChI is InChI=1S/C54H35N5O/c60-54-58(41-21-9-3-10-22-41)47-34-33-40(35-48(47)59(54)42-23-11-4-12-24-42)50-45-27-15-13-25-43(45)49(44-26-14-16-28-46(44)50)36-29-31-39(32-30-36)53-56-51(37-17-5-1-6-18-37)55-52(57-53)38-19-7-2-8-20-38/h1-35H. The molecule has 0 spiro atoms. The highest BCUT2D eigenvalue weighted by atomic mass is 16.1. The van der Waals surface area contributed by atoms with Gasteiger partial charge in [-0.1, -0.05) is 176 Å². The second-order valence-corrected chi connectivity index (χ2v) is 14.8. The molecule has 0 saturated carbocycles. The summed E-state index contributed by atoms with van der Waals surface area (Å²) in [7, 11) is 0. The Kier molecular flexibility index (Phi) is 8.52. The van der Waals surface area contributed by atoms with Crippen molar-refractivity contribution >= 4 is 32.6 Å². The molecule has 0 unspecified atom stereocenters. The highest BCUT2D eigenvalue weighted by Crippen LogP contribution is 2.44. The van der Waals surface area contributed by atoms with Gasteiger partial charge in [0, 0.05) is 16.7 Å². The fourth-order valence-corrected chi connectivity index (χ4v) is 8.48. The molecular weight excluding hydrogens is 735 g/mol. The zero-order valence-electron chi connectivity index (χ0n) is 32.4. The smallest absolute Gasteiger partial charge is 0.260 e. The van der Waals surface area contributed by atoms with Crippen LogP contribution in [0.1, 0.15) is 0 Å². The first-order chi connectivity index (χ1) is 29.7. The van der Waals surface area contributed by atoms with Gasteiger partial charge in [-0.25, -0.2) is 19.7 Å².